The molecular weight excluding hydrogens is 311 g/mol. The smallest absolute Gasteiger partial charge is 0.249 e. The lowest BCUT2D eigenvalue weighted by molar-refractivity contribution is -0.126. The Morgan fingerprint density at radius 1 is 1.42 bits per heavy atom. The molecule has 2 aromatic rings. The maximum Gasteiger partial charge on any atom is 0.249 e. The third-order valence-electron chi connectivity index (χ3n) is 4.01. The minimum Gasteiger partial charge on any atom is -0.344 e. The molecule has 2 amide bonds. The van der Waals surface area contributed by atoms with Crippen LogP contribution in [0.5, 0.6) is 0 Å². The molecule has 1 atom stereocenters. The minimum atomic E-state index is -0.600. The molecule has 6 nitrogen and oxygen atoms in total. The van der Waals surface area contributed by atoms with Crippen LogP contribution in [0.25, 0.3) is 0 Å². The highest BCUT2D eigenvalue weighted by atomic mass is 19.1. The van der Waals surface area contributed by atoms with Gasteiger partial charge in [-0.15, -0.1) is 0 Å². The van der Waals surface area contributed by atoms with Crippen molar-refractivity contribution in [2.45, 2.75) is 32.4 Å². The molecule has 0 aliphatic carbocycles. The zero-order chi connectivity index (χ0) is 17.1. The zero-order valence-corrected chi connectivity index (χ0v) is 13.4. The Morgan fingerprint density at radius 2 is 2.21 bits per heavy atom. The van der Waals surface area contributed by atoms with Crippen molar-refractivity contribution in [3.8, 4) is 0 Å². The molecule has 24 heavy (non-hydrogen) atoms. The van der Waals surface area contributed by atoms with E-state index in [1.807, 2.05) is 13.1 Å². The molecular formula is C17H19FN4O2. The number of benzene rings is 1. The number of nitrogens with one attached hydrogen (secondary N) is 1. The number of para-hydroxylation sites is 1. The topological polar surface area (TPSA) is 67.2 Å². The van der Waals surface area contributed by atoms with Gasteiger partial charge in [0.05, 0.1) is 11.9 Å². The quantitative estimate of drug-likeness (QED) is 0.906. The first-order chi connectivity index (χ1) is 11.5. The molecule has 1 N–H and O–H groups in total. The monoisotopic (exact) mass is 330 g/mol. The fraction of sp³-hybridized carbons (Fsp3) is 0.353. The Balaban J connectivity index is 1.55. The van der Waals surface area contributed by atoms with Crippen LogP contribution >= 0.6 is 0 Å². The summed E-state index contributed by atoms with van der Waals surface area (Å²) in [5, 5.41) is 6.85. The number of amides is 2. The summed E-state index contributed by atoms with van der Waals surface area (Å²) in [5.41, 5.74) is 1.29. The molecule has 0 radical (unpaired) electrons. The highest BCUT2D eigenvalue weighted by molar-refractivity contribution is 6.01. The van der Waals surface area contributed by atoms with Crippen molar-refractivity contribution in [3.05, 3.63) is 48.0 Å². The van der Waals surface area contributed by atoms with Gasteiger partial charge in [0, 0.05) is 25.7 Å². The molecule has 0 spiro atoms. The van der Waals surface area contributed by atoms with Crippen LogP contribution in [0.1, 0.15) is 18.4 Å². The molecule has 1 aliphatic rings. The number of halogens is 1. The Morgan fingerprint density at radius 3 is 2.92 bits per heavy atom. The van der Waals surface area contributed by atoms with Crippen molar-refractivity contribution in [1.82, 2.24) is 15.1 Å². The van der Waals surface area contributed by atoms with E-state index in [1.54, 1.807) is 29.1 Å². The Hall–Kier alpha value is -2.70. The number of carbonyl (C=O) groups is 2. The van der Waals surface area contributed by atoms with Gasteiger partial charge in [0.25, 0.3) is 0 Å². The van der Waals surface area contributed by atoms with Crippen LogP contribution in [0.3, 0.4) is 0 Å². The average Bonchev–Trinajstić information content (AvgIpc) is 3.13. The van der Waals surface area contributed by atoms with E-state index in [4.69, 9.17) is 0 Å². The van der Waals surface area contributed by atoms with Crippen molar-refractivity contribution in [1.29, 1.82) is 0 Å². The second-order valence-electron chi connectivity index (χ2n) is 5.88. The number of anilines is 1. The van der Waals surface area contributed by atoms with Crippen molar-refractivity contribution in [2.24, 2.45) is 0 Å². The molecule has 0 bridgehead atoms. The molecule has 3 rings (SSSR count). The van der Waals surface area contributed by atoms with Gasteiger partial charge in [0.1, 0.15) is 11.9 Å². The maximum absolute atomic E-state index is 13.8. The number of hydrogen-bond donors (Lipinski definition) is 1. The Labute approximate surface area is 139 Å². The van der Waals surface area contributed by atoms with Gasteiger partial charge in [0.15, 0.2) is 0 Å². The van der Waals surface area contributed by atoms with Gasteiger partial charge in [-0.25, -0.2) is 4.39 Å². The van der Waals surface area contributed by atoms with Gasteiger partial charge < -0.3 is 10.2 Å². The van der Waals surface area contributed by atoms with Gasteiger partial charge in [-0.1, -0.05) is 12.1 Å². The van der Waals surface area contributed by atoms with Crippen molar-refractivity contribution >= 4 is 17.5 Å². The first-order valence-corrected chi connectivity index (χ1v) is 7.89. The predicted molar refractivity (Wildman–Crippen MR) is 86.9 cm³/mol. The van der Waals surface area contributed by atoms with Gasteiger partial charge in [-0.2, -0.15) is 5.10 Å². The van der Waals surface area contributed by atoms with Gasteiger partial charge in [0.2, 0.25) is 11.8 Å². The van der Waals surface area contributed by atoms with Crippen LogP contribution in [0, 0.1) is 12.7 Å². The predicted octanol–water partition coefficient (Wildman–Crippen LogP) is 1.64. The molecule has 1 fully saturated rings. The summed E-state index contributed by atoms with van der Waals surface area (Å²) in [4.78, 5) is 25.8. The summed E-state index contributed by atoms with van der Waals surface area (Å²) in [6, 6.07) is 5.55. The Kier molecular flexibility index (Phi) is 4.59. The summed E-state index contributed by atoms with van der Waals surface area (Å²) in [6.45, 7) is 2.78. The third kappa shape index (κ3) is 3.45. The summed E-state index contributed by atoms with van der Waals surface area (Å²) in [5.74, 6) is -0.924. The lowest BCUT2D eigenvalue weighted by Gasteiger charge is -2.17. The van der Waals surface area contributed by atoms with E-state index in [0.29, 0.717) is 19.5 Å². The third-order valence-corrected chi connectivity index (χ3v) is 4.01. The fourth-order valence-corrected chi connectivity index (χ4v) is 2.80. The number of rotatable bonds is 5. The summed E-state index contributed by atoms with van der Waals surface area (Å²) in [6.07, 6.45) is 4.29. The maximum atomic E-state index is 13.8. The van der Waals surface area contributed by atoms with Crippen LogP contribution < -0.4 is 10.2 Å². The van der Waals surface area contributed by atoms with Crippen molar-refractivity contribution in [3.63, 3.8) is 0 Å². The first-order valence-electron chi connectivity index (χ1n) is 7.89. The standard InChI is InChI=1S/C17H19FN4O2/c1-12-10-19-21(11-12)8-7-16(23)20-14-6-9-22(17(14)24)15-5-3-2-4-13(15)18/h2-5,10-11,14H,6-9H2,1H3,(H,20,23). The van der Waals surface area contributed by atoms with E-state index in [2.05, 4.69) is 10.4 Å². The molecule has 1 unspecified atom stereocenters. The second kappa shape index (κ2) is 6.82. The molecule has 1 aliphatic heterocycles. The van der Waals surface area contributed by atoms with Crippen LogP contribution in [0.2, 0.25) is 0 Å². The van der Waals surface area contributed by atoms with Gasteiger partial charge in [-0.05, 0) is 31.0 Å². The number of carbonyl (C=O) groups excluding carboxylic acids is 2. The molecule has 2 heterocycles. The minimum absolute atomic E-state index is 0.211. The van der Waals surface area contributed by atoms with E-state index in [1.165, 1.54) is 11.0 Å². The number of aryl methyl sites for hydroxylation is 2. The van der Waals surface area contributed by atoms with Crippen molar-refractivity contribution in [2.75, 3.05) is 11.4 Å². The molecule has 1 aromatic carbocycles. The van der Waals surface area contributed by atoms with Crippen LogP contribution in [0.4, 0.5) is 10.1 Å². The van der Waals surface area contributed by atoms with E-state index >= 15 is 0 Å². The normalized spacial score (nSPS) is 17.3. The SMILES string of the molecule is Cc1cnn(CCC(=O)NC2CCN(c3ccccc3F)C2=O)c1. The number of aromatic nitrogens is 2. The van der Waals surface area contributed by atoms with Crippen LogP contribution in [-0.2, 0) is 16.1 Å². The largest absolute Gasteiger partial charge is 0.344 e. The van der Waals surface area contributed by atoms with E-state index < -0.39 is 11.9 Å². The summed E-state index contributed by atoms with van der Waals surface area (Å²) < 4.78 is 15.5. The second-order valence-corrected chi connectivity index (χ2v) is 5.88. The Bertz CT molecular complexity index is 759. The molecule has 1 aromatic heterocycles. The molecule has 0 saturated carbocycles. The van der Waals surface area contributed by atoms with Gasteiger partial charge in [-0.3, -0.25) is 14.3 Å². The highest BCUT2D eigenvalue weighted by Gasteiger charge is 2.34. The zero-order valence-electron chi connectivity index (χ0n) is 13.4. The summed E-state index contributed by atoms with van der Waals surface area (Å²) >= 11 is 0. The molecule has 126 valence electrons. The van der Waals surface area contributed by atoms with Crippen LogP contribution in [-0.4, -0.2) is 34.2 Å². The van der Waals surface area contributed by atoms with Crippen molar-refractivity contribution < 1.29 is 14.0 Å². The van der Waals surface area contributed by atoms with E-state index in [-0.39, 0.29) is 23.9 Å². The average molecular weight is 330 g/mol. The van der Waals surface area contributed by atoms with Crippen LogP contribution in [0.15, 0.2) is 36.7 Å². The number of hydrogen-bond acceptors (Lipinski definition) is 3. The van der Waals surface area contributed by atoms with E-state index in [0.717, 1.165) is 5.56 Å². The lowest BCUT2D eigenvalue weighted by Crippen LogP contribution is -2.42. The lowest BCUT2D eigenvalue weighted by atomic mass is 10.2. The molecule has 1 saturated heterocycles. The van der Waals surface area contributed by atoms with E-state index in [9.17, 15) is 14.0 Å². The number of nitrogens with zero attached hydrogens (tertiary/aromatic N) is 3. The highest BCUT2D eigenvalue weighted by Crippen LogP contribution is 2.24. The summed E-state index contributed by atoms with van der Waals surface area (Å²) in [7, 11) is 0. The first kappa shape index (κ1) is 16.2. The van der Waals surface area contributed by atoms with Gasteiger partial charge >= 0.3 is 0 Å². The molecule has 7 heteroatoms. The fourth-order valence-electron chi connectivity index (χ4n) is 2.80.